The van der Waals surface area contributed by atoms with Gasteiger partial charge < -0.3 is 10.1 Å². The molecule has 0 unspecified atom stereocenters. The molecule has 0 heterocycles. The number of non-ortho nitro benzene ring substituents is 1. The molecular weight excluding hydrogens is 500 g/mol. The van der Waals surface area contributed by atoms with Crippen molar-refractivity contribution in [2.75, 3.05) is 5.32 Å². The van der Waals surface area contributed by atoms with E-state index in [4.69, 9.17) is 16.3 Å². The van der Waals surface area contributed by atoms with Gasteiger partial charge in [0.2, 0.25) is 5.91 Å². The Morgan fingerprint density at radius 3 is 2.54 bits per heavy atom. The van der Waals surface area contributed by atoms with E-state index in [1.165, 1.54) is 60.8 Å². The molecule has 3 aromatic rings. The summed E-state index contributed by atoms with van der Waals surface area (Å²) in [5, 5.41) is 17.8. The second-order valence-electron chi connectivity index (χ2n) is 7.47. The summed E-state index contributed by atoms with van der Waals surface area (Å²) in [6.07, 6.45) is 4.12. The van der Waals surface area contributed by atoms with Crippen LogP contribution < -0.4 is 15.5 Å². The normalized spacial score (nSPS) is 10.9. The largest absolute Gasteiger partial charge is 0.423 e. The first-order chi connectivity index (χ1) is 17.7. The molecule has 0 spiro atoms. The molecule has 0 bridgehead atoms. The number of anilines is 1. The minimum atomic E-state index is -0.734. The Bertz CT molecular complexity index is 1390. The van der Waals surface area contributed by atoms with Gasteiger partial charge in [-0.25, -0.2) is 10.2 Å². The molecule has 3 aromatic carbocycles. The summed E-state index contributed by atoms with van der Waals surface area (Å²) in [5.74, 6) is -1.24. The van der Waals surface area contributed by atoms with Crippen molar-refractivity contribution in [2.24, 2.45) is 5.10 Å². The first-order valence-corrected chi connectivity index (χ1v) is 11.3. The number of amides is 2. The summed E-state index contributed by atoms with van der Waals surface area (Å²) in [4.78, 5) is 46.5. The van der Waals surface area contributed by atoms with Gasteiger partial charge in [0, 0.05) is 46.5 Å². The lowest BCUT2D eigenvalue weighted by Gasteiger charge is -2.07. The van der Waals surface area contributed by atoms with Crippen molar-refractivity contribution in [3.63, 3.8) is 0 Å². The zero-order chi connectivity index (χ0) is 26.8. The average Bonchev–Trinajstić information content (AvgIpc) is 2.89. The predicted octanol–water partition coefficient (Wildman–Crippen LogP) is 4.98. The maximum atomic E-state index is 12.4. The van der Waals surface area contributed by atoms with Gasteiger partial charge in [-0.1, -0.05) is 30.7 Å². The fraction of sp³-hybridized carbons (Fsp3) is 0.0769. The van der Waals surface area contributed by atoms with Gasteiger partial charge in [0.05, 0.1) is 11.1 Å². The van der Waals surface area contributed by atoms with Crippen LogP contribution in [0.1, 0.15) is 34.8 Å². The molecule has 2 N–H and O–H groups in total. The Balaban J connectivity index is 1.65. The number of hydrogen-bond acceptors (Lipinski definition) is 7. The number of nitro benzene ring substituents is 1. The van der Waals surface area contributed by atoms with Gasteiger partial charge in [0.1, 0.15) is 5.75 Å². The third-order valence-electron chi connectivity index (χ3n) is 4.80. The molecule has 0 atom stereocenters. The lowest BCUT2D eigenvalue weighted by molar-refractivity contribution is -0.384. The number of halogens is 1. The predicted molar refractivity (Wildman–Crippen MR) is 140 cm³/mol. The second-order valence-corrected chi connectivity index (χ2v) is 7.90. The number of hydrazone groups is 1. The summed E-state index contributed by atoms with van der Waals surface area (Å²) in [7, 11) is 0. The molecule has 188 valence electrons. The van der Waals surface area contributed by atoms with Gasteiger partial charge in [-0.15, -0.1) is 0 Å². The van der Waals surface area contributed by atoms with Gasteiger partial charge in [-0.2, -0.15) is 5.10 Å². The number of benzene rings is 3. The Morgan fingerprint density at radius 1 is 1.08 bits per heavy atom. The van der Waals surface area contributed by atoms with Crippen molar-refractivity contribution in [1.29, 1.82) is 0 Å². The van der Waals surface area contributed by atoms with Crippen LogP contribution in [0.25, 0.3) is 6.08 Å². The van der Waals surface area contributed by atoms with Crippen molar-refractivity contribution in [1.82, 2.24) is 5.43 Å². The van der Waals surface area contributed by atoms with Crippen LogP contribution in [0.3, 0.4) is 0 Å². The van der Waals surface area contributed by atoms with Crippen LogP contribution >= 0.6 is 11.6 Å². The molecule has 0 saturated heterocycles. The molecular formula is C26H21ClN4O6. The molecule has 11 heteroatoms. The van der Waals surface area contributed by atoms with E-state index in [9.17, 15) is 24.5 Å². The summed E-state index contributed by atoms with van der Waals surface area (Å²) >= 11 is 6.05. The maximum Gasteiger partial charge on any atom is 0.336 e. The summed E-state index contributed by atoms with van der Waals surface area (Å²) < 4.78 is 5.34. The highest BCUT2D eigenvalue weighted by molar-refractivity contribution is 6.31. The highest BCUT2D eigenvalue weighted by Gasteiger charge is 2.09. The molecule has 3 rings (SSSR count). The fourth-order valence-corrected chi connectivity index (χ4v) is 3.12. The molecule has 0 aromatic heterocycles. The maximum absolute atomic E-state index is 12.4. The molecule has 2 amide bonds. The van der Waals surface area contributed by atoms with Crippen LogP contribution in [0.2, 0.25) is 5.02 Å². The van der Waals surface area contributed by atoms with Crippen molar-refractivity contribution in [2.45, 2.75) is 13.3 Å². The van der Waals surface area contributed by atoms with Crippen LogP contribution in [0.5, 0.6) is 5.75 Å². The average molecular weight is 521 g/mol. The van der Waals surface area contributed by atoms with Crippen LogP contribution in [0, 0.1) is 10.1 Å². The van der Waals surface area contributed by atoms with Crippen LogP contribution in [-0.2, 0) is 9.59 Å². The first kappa shape index (κ1) is 26.8. The zero-order valence-corrected chi connectivity index (χ0v) is 20.3. The van der Waals surface area contributed by atoms with Crippen molar-refractivity contribution >= 4 is 53.0 Å². The molecule has 0 aliphatic carbocycles. The van der Waals surface area contributed by atoms with Gasteiger partial charge in [0.25, 0.3) is 11.6 Å². The number of esters is 1. The van der Waals surface area contributed by atoms with Gasteiger partial charge in [-0.3, -0.25) is 19.7 Å². The highest BCUT2D eigenvalue weighted by Crippen LogP contribution is 2.22. The number of carbonyl (C=O) groups excluding carboxylic acids is 3. The lowest BCUT2D eigenvalue weighted by atomic mass is 10.2. The minimum absolute atomic E-state index is 0.104. The van der Waals surface area contributed by atoms with Crippen molar-refractivity contribution in [3.8, 4) is 5.75 Å². The number of carbonyl (C=O) groups is 3. The Hall–Kier alpha value is -4.83. The van der Waals surface area contributed by atoms with E-state index < -0.39 is 16.8 Å². The lowest BCUT2D eigenvalue weighted by Crippen LogP contribution is -2.18. The zero-order valence-electron chi connectivity index (χ0n) is 19.5. The number of nitro groups is 1. The van der Waals surface area contributed by atoms with E-state index >= 15 is 0 Å². The smallest absolute Gasteiger partial charge is 0.336 e. The molecule has 0 saturated carbocycles. The minimum Gasteiger partial charge on any atom is -0.423 e. The molecule has 0 fully saturated rings. The molecule has 0 radical (unpaired) electrons. The van der Waals surface area contributed by atoms with Crippen LogP contribution in [-0.4, -0.2) is 28.9 Å². The van der Waals surface area contributed by atoms with Gasteiger partial charge in [-0.05, 0) is 54.1 Å². The highest BCUT2D eigenvalue weighted by atomic mass is 35.5. The quantitative estimate of drug-likeness (QED) is 0.102. The molecule has 10 nitrogen and oxygen atoms in total. The van der Waals surface area contributed by atoms with E-state index in [-0.39, 0.29) is 17.3 Å². The fourth-order valence-electron chi connectivity index (χ4n) is 2.94. The molecule has 0 aliphatic rings. The van der Waals surface area contributed by atoms with E-state index in [2.05, 4.69) is 15.8 Å². The second kappa shape index (κ2) is 12.8. The monoisotopic (exact) mass is 520 g/mol. The van der Waals surface area contributed by atoms with E-state index in [0.717, 1.165) is 6.08 Å². The number of rotatable bonds is 9. The van der Waals surface area contributed by atoms with Crippen molar-refractivity contribution in [3.05, 3.63) is 105 Å². The summed E-state index contributed by atoms with van der Waals surface area (Å²) in [6.45, 7) is 1.73. The van der Waals surface area contributed by atoms with E-state index in [1.54, 1.807) is 25.1 Å². The number of nitrogens with zero attached hydrogens (tertiary/aromatic N) is 2. The van der Waals surface area contributed by atoms with E-state index in [1.807, 2.05) is 0 Å². The summed E-state index contributed by atoms with van der Waals surface area (Å²) in [6, 6.07) is 16.5. The van der Waals surface area contributed by atoms with Crippen LogP contribution in [0.15, 0.2) is 77.9 Å². The summed E-state index contributed by atoms with van der Waals surface area (Å²) in [5.41, 5.74) is 3.92. The first-order valence-electron chi connectivity index (χ1n) is 10.9. The number of nitrogens with one attached hydrogen (secondary N) is 2. The van der Waals surface area contributed by atoms with Gasteiger partial charge >= 0.3 is 5.97 Å². The third kappa shape index (κ3) is 8.11. The molecule has 0 aliphatic heterocycles. The van der Waals surface area contributed by atoms with Crippen molar-refractivity contribution < 1.29 is 24.0 Å². The third-order valence-corrected chi connectivity index (χ3v) is 5.03. The standard InChI is InChI=1S/C26H21ClN4O6/c1-2-24(32)29-21-10-7-18(8-11-21)26(34)30-28-16-19-15-20(27)9-12-23(19)37-25(33)13-6-17-4-3-5-22(14-17)31(35)36/h3-16H,2H2,1H3,(H,29,32)(H,30,34)/b13-6+,28-16+. The molecule has 37 heavy (non-hydrogen) atoms. The number of ether oxygens (including phenoxy) is 1. The Morgan fingerprint density at radius 2 is 1.84 bits per heavy atom. The SMILES string of the molecule is CCC(=O)Nc1ccc(C(=O)N/N=C/c2cc(Cl)ccc2OC(=O)/C=C/c2cccc([N+](=O)[O-])c2)cc1. The topological polar surface area (TPSA) is 140 Å². The van der Waals surface area contributed by atoms with Gasteiger partial charge in [0.15, 0.2) is 0 Å². The number of hydrogen-bond donors (Lipinski definition) is 2. The van der Waals surface area contributed by atoms with E-state index in [0.29, 0.717) is 33.8 Å². The van der Waals surface area contributed by atoms with Crippen LogP contribution in [0.4, 0.5) is 11.4 Å². The Labute approximate surface area is 216 Å². The Kier molecular flexibility index (Phi) is 9.23.